The Kier molecular flexibility index (Phi) is 14.0. The maximum Gasteiger partial charge on any atom is 0.0707 e. The van der Waals surface area contributed by atoms with E-state index < -0.39 is 0 Å². The quantitative estimate of drug-likeness (QED) is 0.142. The summed E-state index contributed by atoms with van der Waals surface area (Å²) in [6, 6.07) is 66.6. The predicted octanol–water partition coefficient (Wildman–Crippen LogP) is 17.4. The lowest BCUT2D eigenvalue weighted by atomic mass is 9.90. The van der Waals surface area contributed by atoms with Gasteiger partial charge in [0.2, 0.25) is 0 Å². The molecule has 0 amide bonds. The van der Waals surface area contributed by atoms with Crippen LogP contribution in [0.4, 0.5) is 0 Å². The van der Waals surface area contributed by atoms with E-state index >= 15 is 0 Å². The van der Waals surface area contributed by atoms with Crippen molar-refractivity contribution in [2.75, 3.05) is 0 Å². The van der Waals surface area contributed by atoms with Crippen LogP contribution in [-0.2, 0) is 0 Å². The molecule has 0 unspecified atom stereocenters. The number of aryl methyl sites for hydroxylation is 5. The summed E-state index contributed by atoms with van der Waals surface area (Å²) in [5, 5.41) is 2.65. The van der Waals surface area contributed by atoms with Crippen LogP contribution in [0.1, 0.15) is 52.8 Å². The van der Waals surface area contributed by atoms with Crippen LogP contribution in [0.25, 0.3) is 59.1 Å². The number of aliphatic imine (C=N–C) groups is 1. The summed E-state index contributed by atoms with van der Waals surface area (Å²) < 4.78 is 2.64. The molecule has 62 heavy (non-hydrogen) atoms. The molecule has 0 N–H and O–H groups in total. The maximum atomic E-state index is 4.69. The SMILES string of the molecule is C=C(C)N=C(/C=C(\C)c1cccc2sc3ccccc3c12)c1ccccc1.Cc1ccccc1.Cc1ccccc1-c1cc(-c2ccc(C)c(-c3ccccc3C)c2)ccc1C. The summed E-state index contributed by atoms with van der Waals surface area (Å²) in [7, 11) is 0. The van der Waals surface area contributed by atoms with E-state index in [2.05, 4.69) is 206 Å². The van der Waals surface area contributed by atoms with E-state index in [1.165, 1.54) is 92.5 Å². The third-order valence-electron chi connectivity index (χ3n) is 11.2. The fraction of sp³-hybridized carbons (Fsp3) is 0.117. The second-order valence-corrected chi connectivity index (χ2v) is 17.1. The van der Waals surface area contributed by atoms with Gasteiger partial charge >= 0.3 is 0 Å². The Labute approximate surface area is 373 Å². The molecule has 0 aliphatic heterocycles. The van der Waals surface area contributed by atoms with Gasteiger partial charge in [-0.3, -0.25) is 4.99 Å². The van der Waals surface area contributed by atoms with Crippen LogP contribution in [0.15, 0.2) is 211 Å². The van der Waals surface area contributed by atoms with Gasteiger partial charge in [0.15, 0.2) is 0 Å². The van der Waals surface area contributed by atoms with Crippen molar-refractivity contribution in [3.8, 4) is 33.4 Å². The number of rotatable bonds is 7. The monoisotopic (exact) mass is 821 g/mol. The van der Waals surface area contributed by atoms with E-state index in [1.54, 1.807) is 0 Å². The number of hydrogen-bond acceptors (Lipinski definition) is 2. The summed E-state index contributed by atoms with van der Waals surface area (Å²) in [5.41, 5.74) is 19.6. The average Bonchev–Trinajstić information content (AvgIpc) is 3.67. The molecule has 0 spiro atoms. The number of thiophene rings is 1. The molecule has 1 nitrogen and oxygen atoms in total. The van der Waals surface area contributed by atoms with Crippen molar-refractivity contribution >= 4 is 42.8 Å². The van der Waals surface area contributed by atoms with Gasteiger partial charge in [-0.1, -0.05) is 176 Å². The second kappa shape index (κ2) is 20.1. The average molecular weight is 822 g/mol. The highest BCUT2D eigenvalue weighted by atomic mass is 32.1. The first kappa shape index (κ1) is 43.2. The van der Waals surface area contributed by atoms with Crippen LogP contribution >= 0.6 is 11.3 Å². The molecule has 306 valence electrons. The topological polar surface area (TPSA) is 12.4 Å². The third kappa shape index (κ3) is 10.3. The maximum absolute atomic E-state index is 4.69. The normalized spacial score (nSPS) is 11.4. The summed E-state index contributed by atoms with van der Waals surface area (Å²) in [6.45, 7) is 18.9. The molecule has 0 radical (unpaired) electrons. The lowest BCUT2D eigenvalue weighted by Crippen LogP contribution is -1.98. The highest BCUT2D eigenvalue weighted by Crippen LogP contribution is 2.39. The molecule has 0 saturated heterocycles. The number of benzene rings is 8. The molecular formula is C60H55NS. The highest BCUT2D eigenvalue weighted by molar-refractivity contribution is 7.25. The molecular weight excluding hydrogens is 767 g/mol. The van der Waals surface area contributed by atoms with Crippen LogP contribution in [-0.4, -0.2) is 5.71 Å². The van der Waals surface area contributed by atoms with E-state index in [9.17, 15) is 0 Å². The van der Waals surface area contributed by atoms with Gasteiger partial charge in [0, 0.05) is 31.4 Å². The lowest BCUT2D eigenvalue weighted by molar-refractivity contribution is 1.32. The van der Waals surface area contributed by atoms with Crippen LogP contribution in [0.3, 0.4) is 0 Å². The van der Waals surface area contributed by atoms with Gasteiger partial charge < -0.3 is 0 Å². The van der Waals surface area contributed by atoms with Crippen molar-refractivity contribution < 1.29 is 0 Å². The van der Waals surface area contributed by atoms with Crippen molar-refractivity contribution in [1.82, 2.24) is 0 Å². The van der Waals surface area contributed by atoms with Crippen molar-refractivity contribution in [2.24, 2.45) is 4.99 Å². The van der Waals surface area contributed by atoms with E-state index in [0.717, 1.165) is 17.0 Å². The molecule has 0 atom stereocenters. The van der Waals surface area contributed by atoms with Gasteiger partial charge in [0.05, 0.1) is 5.71 Å². The molecule has 0 aliphatic carbocycles. The van der Waals surface area contributed by atoms with Crippen LogP contribution < -0.4 is 0 Å². The number of nitrogens with zero attached hydrogens (tertiary/aromatic N) is 1. The van der Waals surface area contributed by atoms with Gasteiger partial charge in [-0.15, -0.1) is 11.3 Å². The van der Waals surface area contributed by atoms with Gasteiger partial charge in [0.25, 0.3) is 0 Å². The Bertz CT molecular complexity index is 2940. The minimum Gasteiger partial charge on any atom is -0.254 e. The lowest BCUT2D eigenvalue weighted by Gasteiger charge is -2.14. The standard InChI is InChI=1S/C28H26.C25H21NS.C7H8/c1-19-9-5-7-11-25(19)27-17-23(15-13-21(27)3)24-16-14-22(4)28(18-24)26-12-8-6-10-20(26)2;1-17(2)26-22(19-10-5-4-6-11-19)16-18(3)20-13-9-15-24-25(20)21-12-7-8-14-23(21)27-24;1-7-5-3-2-4-6-7/h5-18H,1-4H3;4-16H,1H2,2-3H3;2-6H,1H3/b;18-16+,26-22?;. The van der Waals surface area contributed by atoms with E-state index in [1.807, 2.05) is 54.7 Å². The van der Waals surface area contributed by atoms with Crippen molar-refractivity contribution in [3.63, 3.8) is 0 Å². The van der Waals surface area contributed by atoms with Gasteiger partial charge in [-0.05, 0) is 146 Å². The van der Waals surface area contributed by atoms with Crippen molar-refractivity contribution in [1.29, 1.82) is 0 Å². The van der Waals surface area contributed by atoms with Gasteiger partial charge in [-0.2, -0.15) is 0 Å². The summed E-state index contributed by atoms with van der Waals surface area (Å²) in [5.74, 6) is 0. The molecule has 0 bridgehead atoms. The Balaban J connectivity index is 0.000000161. The molecule has 8 aromatic carbocycles. The van der Waals surface area contributed by atoms with E-state index in [-0.39, 0.29) is 0 Å². The Morgan fingerprint density at radius 1 is 0.468 bits per heavy atom. The Morgan fingerprint density at radius 3 is 1.48 bits per heavy atom. The molecule has 0 fully saturated rings. The second-order valence-electron chi connectivity index (χ2n) is 16.0. The molecule has 1 heterocycles. The Hall–Kier alpha value is -6.87. The van der Waals surface area contributed by atoms with Crippen LogP contribution in [0, 0.1) is 34.6 Å². The number of fused-ring (bicyclic) bond motifs is 3. The summed E-state index contributed by atoms with van der Waals surface area (Å²) in [4.78, 5) is 4.69. The summed E-state index contributed by atoms with van der Waals surface area (Å²) >= 11 is 1.85. The molecule has 9 aromatic rings. The number of allylic oxidation sites excluding steroid dienone is 3. The summed E-state index contributed by atoms with van der Waals surface area (Å²) in [6.07, 6.45) is 2.17. The third-order valence-corrected chi connectivity index (χ3v) is 12.3. The highest BCUT2D eigenvalue weighted by Gasteiger charge is 2.13. The minimum atomic E-state index is 0.803. The zero-order valence-electron chi connectivity index (χ0n) is 37.0. The molecule has 9 rings (SSSR count). The largest absolute Gasteiger partial charge is 0.254 e. The van der Waals surface area contributed by atoms with E-state index in [4.69, 9.17) is 4.99 Å². The van der Waals surface area contributed by atoms with Crippen molar-refractivity contribution in [3.05, 3.63) is 245 Å². The van der Waals surface area contributed by atoms with Crippen molar-refractivity contribution in [2.45, 2.75) is 48.5 Å². The smallest absolute Gasteiger partial charge is 0.0707 e. The molecule has 1 aromatic heterocycles. The molecule has 0 saturated carbocycles. The Morgan fingerprint density at radius 2 is 0.952 bits per heavy atom. The fourth-order valence-electron chi connectivity index (χ4n) is 7.85. The van der Waals surface area contributed by atoms with Crippen LogP contribution in [0.2, 0.25) is 0 Å². The first-order valence-electron chi connectivity index (χ1n) is 21.3. The van der Waals surface area contributed by atoms with E-state index in [0.29, 0.717) is 0 Å². The van der Waals surface area contributed by atoms with Crippen LogP contribution in [0.5, 0.6) is 0 Å². The van der Waals surface area contributed by atoms with Gasteiger partial charge in [-0.25, -0.2) is 0 Å². The van der Waals surface area contributed by atoms with Gasteiger partial charge in [0.1, 0.15) is 0 Å². The zero-order valence-corrected chi connectivity index (χ0v) is 37.9. The molecule has 2 heteroatoms. The predicted molar refractivity (Wildman–Crippen MR) is 274 cm³/mol. The fourth-order valence-corrected chi connectivity index (χ4v) is 8.98. The first-order chi connectivity index (χ1) is 30.1. The number of hydrogen-bond donors (Lipinski definition) is 0. The first-order valence-corrected chi connectivity index (χ1v) is 22.1. The zero-order chi connectivity index (χ0) is 43.6. The minimum absolute atomic E-state index is 0.803. The molecule has 0 aliphatic rings.